The van der Waals surface area contributed by atoms with E-state index in [4.69, 9.17) is 5.11 Å². The van der Waals surface area contributed by atoms with Gasteiger partial charge in [0.1, 0.15) is 0 Å². The molecule has 6 heteroatoms. The molecule has 0 spiro atoms. The van der Waals surface area contributed by atoms with Crippen molar-refractivity contribution in [2.24, 2.45) is 0 Å². The van der Waals surface area contributed by atoms with Crippen molar-refractivity contribution in [1.29, 1.82) is 0 Å². The van der Waals surface area contributed by atoms with Crippen LogP contribution in [0.3, 0.4) is 0 Å². The fraction of sp³-hybridized carbons (Fsp3) is 0.250. The Labute approximate surface area is 103 Å². The van der Waals surface area contributed by atoms with Crippen molar-refractivity contribution in [2.75, 3.05) is 0 Å². The maximum Gasteiger partial charge on any atom is 0.373 e. The number of nitrogens with zero attached hydrogens (tertiary/aromatic N) is 2. The third-order valence-corrected chi connectivity index (χ3v) is 2.61. The molecule has 0 amide bonds. The maximum absolute atomic E-state index is 11.7. The monoisotopic (exact) mass is 247 g/mol. The summed E-state index contributed by atoms with van der Waals surface area (Å²) in [6.45, 7) is 3.99. The molecule has 0 aliphatic carbocycles. The van der Waals surface area contributed by atoms with Gasteiger partial charge >= 0.3 is 11.7 Å². The topological polar surface area (TPSA) is 88.0 Å². The number of hydrogen-bond donors (Lipinski definition) is 2. The zero-order valence-corrected chi connectivity index (χ0v) is 10.0. The predicted octanol–water partition coefficient (Wildman–Crippen LogP) is 1.38. The van der Waals surface area contributed by atoms with Gasteiger partial charge in [-0.2, -0.15) is 4.68 Å². The molecule has 1 aromatic heterocycles. The van der Waals surface area contributed by atoms with E-state index in [1.165, 1.54) is 0 Å². The molecule has 0 aliphatic heterocycles. The third-order valence-electron chi connectivity index (χ3n) is 2.61. The zero-order valence-electron chi connectivity index (χ0n) is 10.0. The Kier molecular flexibility index (Phi) is 3.01. The molecule has 0 atom stereocenters. The van der Waals surface area contributed by atoms with E-state index in [9.17, 15) is 9.59 Å². The number of aromatic carboxylic acids is 1. The Hall–Kier alpha value is -2.37. The van der Waals surface area contributed by atoms with E-state index in [2.05, 4.69) is 10.1 Å². The van der Waals surface area contributed by atoms with E-state index in [0.29, 0.717) is 5.69 Å². The quantitative estimate of drug-likeness (QED) is 0.857. The lowest BCUT2D eigenvalue weighted by Crippen LogP contribution is -2.17. The highest BCUT2D eigenvalue weighted by Gasteiger charge is 2.15. The first-order valence-corrected chi connectivity index (χ1v) is 5.52. The number of carbonyl (C=O) groups is 1. The molecule has 6 nitrogen and oxygen atoms in total. The summed E-state index contributed by atoms with van der Waals surface area (Å²) in [5, 5.41) is 12.6. The zero-order chi connectivity index (χ0) is 13.3. The first-order chi connectivity index (χ1) is 8.50. The number of benzene rings is 1. The standard InChI is InChI=1S/C12H13N3O3/c1-7(2)8-5-3-4-6-9(8)15-12(18)13-10(14-15)11(16)17/h3-7H,1-2H3,(H,16,17)(H,13,14,18). The summed E-state index contributed by atoms with van der Waals surface area (Å²) in [6.07, 6.45) is 0. The molecular weight excluding hydrogens is 234 g/mol. The van der Waals surface area contributed by atoms with Crippen molar-refractivity contribution in [3.05, 3.63) is 46.1 Å². The van der Waals surface area contributed by atoms with E-state index in [1.54, 1.807) is 12.1 Å². The largest absolute Gasteiger partial charge is 0.475 e. The van der Waals surface area contributed by atoms with Crippen LogP contribution in [0.1, 0.15) is 35.9 Å². The van der Waals surface area contributed by atoms with Gasteiger partial charge in [-0.3, -0.25) is 4.98 Å². The minimum atomic E-state index is -1.26. The highest BCUT2D eigenvalue weighted by Crippen LogP contribution is 2.20. The van der Waals surface area contributed by atoms with E-state index >= 15 is 0 Å². The highest BCUT2D eigenvalue weighted by molar-refractivity contribution is 5.82. The molecule has 1 aromatic carbocycles. The molecule has 0 aliphatic rings. The molecule has 0 saturated heterocycles. The van der Waals surface area contributed by atoms with Gasteiger partial charge in [0.05, 0.1) is 5.69 Å². The van der Waals surface area contributed by atoms with E-state index < -0.39 is 11.7 Å². The summed E-state index contributed by atoms with van der Waals surface area (Å²) in [7, 11) is 0. The normalized spacial score (nSPS) is 10.8. The molecule has 0 saturated carbocycles. The van der Waals surface area contributed by atoms with Gasteiger partial charge in [0.2, 0.25) is 5.82 Å². The maximum atomic E-state index is 11.7. The molecule has 0 unspecified atom stereocenters. The van der Waals surface area contributed by atoms with Crippen molar-refractivity contribution in [2.45, 2.75) is 19.8 Å². The van der Waals surface area contributed by atoms with Crippen LogP contribution in [0.4, 0.5) is 0 Å². The minimum Gasteiger partial charge on any atom is -0.475 e. The predicted molar refractivity (Wildman–Crippen MR) is 65.2 cm³/mol. The van der Waals surface area contributed by atoms with Crippen LogP contribution in [-0.4, -0.2) is 25.8 Å². The molecular formula is C12H13N3O3. The van der Waals surface area contributed by atoms with Crippen LogP contribution < -0.4 is 5.69 Å². The van der Waals surface area contributed by atoms with Gasteiger partial charge in [-0.15, -0.1) is 5.10 Å². The van der Waals surface area contributed by atoms with Crippen LogP contribution in [0, 0.1) is 0 Å². The Balaban J connectivity index is 2.62. The highest BCUT2D eigenvalue weighted by atomic mass is 16.4. The van der Waals surface area contributed by atoms with Crippen LogP contribution in [0.5, 0.6) is 0 Å². The second-order valence-electron chi connectivity index (χ2n) is 4.21. The molecule has 2 aromatic rings. The summed E-state index contributed by atoms with van der Waals surface area (Å²) < 4.78 is 1.08. The number of para-hydroxylation sites is 1. The molecule has 94 valence electrons. The molecule has 0 bridgehead atoms. The van der Waals surface area contributed by atoms with E-state index in [-0.39, 0.29) is 11.7 Å². The minimum absolute atomic E-state index is 0.207. The molecule has 1 heterocycles. The Morgan fingerprint density at radius 2 is 2.06 bits per heavy atom. The number of aromatic nitrogens is 3. The molecule has 0 fully saturated rings. The van der Waals surface area contributed by atoms with Crippen LogP contribution in [0.15, 0.2) is 29.1 Å². The fourth-order valence-corrected chi connectivity index (χ4v) is 1.75. The van der Waals surface area contributed by atoms with Crippen LogP contribution >= 0.6 is 0 Å². The molecule has 2 N–H and O–H groups in total. The Bertz CT molecular complexity index is 640. The van der Waals surface area contributed by atoms with Gasteiger partial charge in [0.25, 0.3) is 0 Å². The number of carboxylic acids is 1. The van der Waals surface area contributed by atoms with Crippen LogP contribution in [-0.2, 0) is 0 Å². The third kappa shape index (κ3) is 2.04. The molecule has 2 rings (SSSR count). The summed E-state index contributed by atoms with van der Waals surface area (Å²) in [5.74, 6) is -1.41. The lowest BCUT2D eigenvalue weighted by atomic mass is 10.0. The van der Waals surface area contributed by atoms with Crippen LogP contribution in [0.25, 0.3) is 5.69 Å². The summed E-state index contributed by atoms with van der Waals surface area (Å²) in [6, 6.07) is 7.28. The van der Waals surface area contributed by atoms with Crippen molar-refractivity contribution in [1.82, 2.24) is 14.8 Å². The van der Waals surface area contributed by atoms with Gasteiger partial charge in [0.15, 0.2) is 0 Å². The van der Waals surface area contributed by atoms with E-state index in [1.807, 2.05) is 26.0 Å². The molecule has 18 heavy (non-hydrogen) atoms. The fourth-order valence-electron chi connectivity index (χ4n) is 1.75. The van der Waals surface area contributed by atoms with E-state index in [0.717, 1.165) is 10.2 Å². The first kappa shape index (κ1) is 12.1. The average Bonchev–Trinajstić information content (AvgIpc) is 2.71. The summed E-state index contributed by atoms with van der Waals surface area (Å²) in [5.41, 5.74) is 0.977. The Morgan fingerprint density at radius 1 is 1.39 bits per heavy atom. The van der Waals surface area contributed by atoms with Crippen molar-refractivity contribution < 1.29 is 9.90 Å². The lowest BCUT2D eigenvalue weighted by Gasteiger charge is -2.10. The Morgan fingerprint density at radius 3 is 2.61 bits per heavy atom. The van der Waals surface area contributed by atoms with Crippen molar-refractivity contribution in [3.63, 3.8) is 0 Å². The summed E-state index contributed by atoms with van der Waals surface area (Å²) >= 11 is 0. The van der Waals surface area contributed by atoms with Gasteiger partial charge in [-0.1, -0.05) is 32.0 Å². The van der Waals surface area contributed by atoms with Gasteiger partial charge in [-0.25, -0.2) is 9.59 Å². The van der Waals surface area contributed by atoms with Gasteiger partial charge in [-0.05, 0) is 17.5 Å². The van der Waals surface area contributed by atoms with Crippen LogP contribution in [0.2, 0.25) is 0 Å². The molecule has 0 radical (unpaired) electrons. The second-order valence-corrected chi connectivity index (χ2v) is 4.21. The second kappa shape index (κ2) is 4.48. The smallest absolute Gasteiger partial charge is 0.373 e. The SMILES string of the molecule is CC(C)c1ccccc1-n1nc(C(=O)O)[nH]c1=O. The number of carboxylic acid groups (broad SMARTS) is 1. The van der Waals surface area contributed by atoms with Crippen molar-refractivity contribution >= 4 is 5.97 Å². The van der Waals surface area contributed by atoms with Gasteiger partial charge < -0.3 is 5.11 Å². The van der Waals surface area contributed by atoms with Crippen molar-refractivity contribution in [3.8, 4) is 5.69 Å². The first-order valence-electron chi connectivity index (χ1n) is 5.52. The van der Waals surface area contributed by atoms with Gasteiger partial charge in [0, 0.05) is 0 Å². The number of nitrogens with one attached hydrogen (secondary N) is 1. The lowest BCUT2D eigenvalue weighted by molar-refractivity contribution is 0.0683. The summed E-state index contributed by atoms with van der Waals surface area (Å²) in [4.78, 5) is 24.7. The number of aromatic amines is 1. The number of H-pyrrole nitrogens is 1. The average molecular weight is 247 g/mol. The number of rotatable bonds is 3. The number of hydrogen-bond acceptors (Lipinski definition) is 3.